The van der Waals surface area contributed by atoms with Crippen LogP contribution in [0.25, 0.3) is 6.08 Å². The number of nitrogens with one attached hydrogen (secondary N) is 1. The van der Waals surface area contributed by atoms with E-state index >= 15 is 0 Å². The van der Waals surface area contributed by atoms with Gasteiger partial charge < -0.3 is 20.3 Å². The smallest absolute Gasteiger partial charge is 0.419 e. The molecule has 0 spiro atoms. The number of hydrogen-bond acceptors (Lipinski definition) is 6. The first-order chi connectivity index (χ1) is 15.0. The fourth-order valence-electron chi connectivity index (χ4n) is 2.88. The van der Waals surface area contributed by atoms with Crippen molar-refractivity contribution < 1.29 is 42.1 Å². The lowest BCUT2D eigenvalue weighted by atomic mass is 10.1. The van der Waals surface area contributed by atoms with Crippen LogP contribution in [0.5, 0.6) is 11.5 Å². The van der Waals surface area contributed by atoms with E-state index in [1.807, 2.05) is 5.32 Å². The number of carboxylic acids is 1. The number of carbonyl (C=O) groups is 3. The van der Waals surface area contributed by atoms with E-state index in [2.05, 4.69) is 4.74 Å². The molecule has 8 nitrogen and oxygen atoms in total. The number of aliphatic carboxylic acids is 1. The van der Waals surface area contributed by atoms with Gasteiger partial charge in [0.1, 0.15) is 17.5 Å². The quantitative estimate of drug-likeness (QED) is 0.553. The van der Waals surface area contributed by atoms with Crippen LogP contribution < -0.4 is 15.8 Å². The highest BCUT2D eigenvalue weighted by atomic mass is 19.4. The molecule has 0 aromatic heterocycles. The summed E-state index contributed by atoms with van der Waals surface area (Å²) in [6.45, 7) is 0. The molecule has 1 saturated heterocycles. The van der Waals surface area contributed by atoms with E-state index < -0.39 is 36.6 Å². The third-order valence-electron chi connectivity index (χ3n) is 4.34. The SMILES string of the molecule is NC(Cc1ccc(Oc2ccc(C=C3OC(=O)NC3=O)cc2CC(F)(F)F)cc1)C(=O)O. The van der Waals surface area contributed by atoms with Crippen LogP contribution in [0.4, 0.5) is 18.0 Å². The lowest BCUT2D eigenvalue weighted by Crippen LogP contribution is -2.32. The van der Waals surface area contributed by atoms with Crippen molar-refractivity contribution in [3.8, 4) is 11.5 Å². The van der Waals surface area contributed by atoms with Crippen molar-refractivity contribution in [2.75, 3.05) is 0 Å². The monoisotopic (exact) mass is 450 g/mol. The number of imide groups is 1. The average molecular weight is 450 g/mol. The highest BCUT2D eigenvalue weighted by Crippen LogP contribution is 2.32. The molecule has 1 fully saturated rings. The van der Waals surface area contributed by atoms with Gasteiger partial charge in [0, 0.05) is 5.56 Å². The van der Waals surface area contributed by atoms with E-state index in [0.29, 0.717) is 5.56 Å². The Labute approximate surface area is 179 Å². The van der Waals surface area contributed by atoms with Gasteiger partial charge in [-0.3, -0.25) is 14.9 Å². The summed E-state index contributed by atoms with van der Waals surface area (Å²) in [7, 11) is 0. The Morgan fingerprint density at radius 3 is 2.44 bits per heavy atom. The number of alkyl halides is 3. The highest BCUT2D eigenvalue weighted by Gasteiger charge is 2.30. The number of hydrogen-bond donors (Lipinski definition) is 3. The minimum absolute atomic E-state index is 0.0627. The maximum absolute atomic E-state index is 13.1. The van der Waals surface area contributed by atoms with E-state index in [4.69, 9.17) is 15.6 Å². The topological polar surface area (TPSA) is 128 Å². The summed E-state index contributed by atoms with van der Waals surface area (Å²) in [6.07, 6.45) is -5.57. The van der Waals surface area contributed by atoms with Crippen LogP contribution in [-0.2, 0) is 27.2 Å². The molecule has 0 aliphatic carbocycles. The predicted octanol–water partition coefficient (Wildman–Crippen LogP) is 3.15. The Hall–Kier alpha value is -3.86. The summed E-state index contributed by atoms with van der Waals surface area (Å²) in [6, 6.07) is 8.90. The molecule has 2 aromatic rings. The Kier molecular flexibility index (Phi) is 6.49. The summed E-state index contributed by atoms with van der Waals surface area (Å²) >= 11 is 0. The van der Waals surface area contributed by atoms with E-state index in [1.54, 1.807) is 12.1 Å². The molecule has 3 rings (SSSR count). The zero-order valence-electron chi connectivity index (χ0n) is 16.3. The molecule has 0 radical (unpaired) electrons. The number of carboxylic acid groups (broad SMARTS) is 1. The number of nitrogens with two attached hydrogens (primary N) is 1. The maximum atomic E-state index is 13.1. The van der Waals surface area contributed by atoms with Crippen LogP contribution in [0, 0.1) is 0 Å². The number of cyclic esters (lactones) is 1. The summed E-state index contributed by atoms with van der Waals surface area (Å²) in [5.74, 6) is -2.11. The van der Waals surface area contributed by atoms with E-state index in [-0.39, 0.29) is 34.8 Å². The number of amides is 2. The minimum Gasteiger partial charge on any atom is -0.480 e. The lowest BCUT2D eigenvalue weighted by Gasteiger charge is -2.14. The van der Waals surface area contributed by atoms with Gasteiger partial charge in [0.15, 0.2) is 5.76 Å². The molecular weight excluding hydrogens is 433 g/mol. The van der Waals surface area contributed by atoms with Gasteiger partial charge in [0.25, 0.3) is 5.91 Å². The van der Waals surface area contributed by atoms with Crippen molar-refractivity contribution in [3.05, 3.63) is 64.9 Å². The van der Waals surface area contributed by atoms with Crippen LogP contribution in [-0.4, -0.2) is 35.3 Å². The van der Waals surface area contributed by atoms with Crippen LogP contribution in [0.3, 0.4) is 0 Å². The molecule has 1 aliphatic heterocycles. The minimum atomic E-state index is -4.53. The first kappa shape index (κ1) is 22.8. The van der Waals surface area contributed by atoms with Gasteiger partial charge in [-0.2, -0.15) is 13.2 Å². The van der Waals surface area contributed by atoms with E-state index in [9.17, 15) is 27.6 Å². The van der Waals surface area contributed by atoms with Gasteiger partial charge in [-0.1, -0.05) is 18.2 Å². The maximum Gasteiger partial charge on any atom is 0.419 e. The summed E-state index contributed by atoms with van der Waals surface area (Å²) in [5.41, 5.74) is 6.11. The number of rotatable bonds is 7. The number of carbonyl (C=O) groups excluding carboxylic acids is 2. The van der Waals surface area contributed by atoms with Gasteiger partial charge >= 0.3 is 18.2 Å². The van der Waals surface area contributed by atoms with Crippen molar-refractivity contribution in [1.82, 2.24) is 5.32 Å². The second-order valence-corrected chi connectivity index (χ2v) is 6.91. The largest absolute Gasteiger partial charge is 0.480 e. The van der Waals surface area contributed by atoms with Gasteiger partial charge in [-0.25, -0.2) is 4.79 Å². The Bertz CT molecular complexity index is 1080. The van der Waals surface area contributed by atoms with Gasteiger partial charge in [-0.15, -0.1) is 0 Å². The molecule has 0 saturated carbocycles. The number of ether oxygens (including phenoxy) is 2. The molecular formula is C21H17F3N2O6. The third-order valence-corrected chi connectivity index (χ3v) is 4.34. The molecule has 2 aromatic carbocycles. The first-order valence-electron chi connectivity index (χ1n) is 9.20. The lowest BCUT2D eigenvalue weighted by molar-refractivity contribution is -0.138. The second kappa shape index (κ2) is 9.10. The standard InChI is InChI=1S/C21H17F3N2O6/c22-21(23,24)10-13-7-12(9-17-18(27)26-20(30)32-17)3-6-16(13)31-14-4-1-11(2-5-14)8-15(25)19(28)29/h1-7,9,15H,8,10,25H2,(H,28,29)(H,26,27,30). The molecule has 0 bridgehead atoms. The molecule has 4 N–H and O–H groups in total. The van der Waals surface area contributed by atoms with Gasteiger partial charge in [0.05, 0.1) is 6.42 Å². The van der Waals surface area contributed by atoms with Crippen molar-refractivity contribution >= 4 is 24.0 Å². The zero-order valence-corrected chi connectivity index (χ0v) is 16.3. The molecule has 1 unspecified atom stereocenters. The normalized spacial score (nSPS) is 15.9. The van der Waals surface area contributed by atoms with E-state index in [1.165, 1.54) is 30.3 Å². The van der Waals surface area contributed by atoms with Crippen LogP contribution in [0.2, 0.25) is 0 Å². The summed E-state index contributed by atoms with van der Waals surface area (Å²) < 4.78 is 49.5. The molecule has 168 valence electrons. The van der Waals surface area contributed by atoms with Crippen LogP contribution in [0.1, 0.15) is 16.7 Å². The van der Waals surface area contributed by atoms with Crippen LogP contribution >= 0.6 is 0 Å². The van der Waals surface area contributed by atoms with Crippen molar-refractivity contribution in [1.29, 1.82) is 0 Å². The van der Waals surface area contributed by atoms with E-state index in [0.717, 1.165) is 6.08 Å². The number of halogens is 3. The van der Waals surface area contributed by atoms with Crippen molar-refractivity contribution in [2.45, 2.75) is 25.1 Å². The van der Waals surface area contributed by atoms with Crippen molar-refractivity contribution in [2.24, 2.45) is 5.73 Å². The number of benzene rings is 2. The molecule has 32 heavy (non-hydrogen) atoms. The van der Waals surface area contributed by atoms with Crippen LogP contribution in [0.15, 0.2) is 48.2 Å². The first-order valence-corrected chi connectivity index (χ1v) is 9.20. The zero-order chi connectivity index (χ0) is 23.5. The second-order valence-electron chi connectivity index (χ2n) is 6.91. The molecule has 1 heterocycles. The third kappa shape index (κ3) is 6.08. The average Bonchev–Trinajstić information content (AvgIpc) is 3.00. The molecule has 1 aliphatic rings. The number of alkyl carbamates (subject to hydrolysis) is 1. The fraction of sp³-hybridized carbons (Fsp3) is 0.190. The Morgan fingerprint density at radius 2 is 1.88 bits per heavy atom. The molecule has 11 heteroatoms. The van der Waals surface area contributed by atoms with Gasteiger partial charge in [-0.05, 0) is 47.9 Å². The van der Waals surface area contributed by atoms with Gasteiger partial charge in [0.2, 0.25) is 0 Å². The van der Waals surface area contributed by atoms with Crippen molar-refractivity contribution in [3.63, 3.8) is 0 Å². The summed E-state index contributed by atoms with van der Waals surface area (Å²) in [5, 5.41) is 10.8. The summed E-state index contributed by atoms with van der Waals surface area (Å²) in [4.78, 5) is 33.5. The Balaban J connectivity index is 1.84. The molecule has 1 atom stereocenters. The highest BCUT2D eigenvalue weighted by molar-refractivity contribution is 6.09. The predicted molar refractivity (Wildman–Crippen MR) is 105 cm³/mol. The molecule has 2 amide bonds. The Morgan fingerprint density at radius 1 is 1.19 bits per heavy atom. The fourth-order valence-corrected chi connectivity index (χ4v) is 2.88.